The summed E-state index contributed by atoms with van der Waals surface area (Å²) in [4.78, 5) is 18.1. The lowest BCUT2D eigenvalue weighted by molar-refractivity contribution is 0.0931. The highest BCUT2D eigenvalue weighted by Gasteiger charge is 2.18. The van der Waals surface area contributed by atoms with Crippen molar-refractivity contribution >= 4 is 17.7 Å². The minimum absolute atomic E-state index is 0.0110. The number of thioether (sulfide) groups is 1. The fourth-order valence-electron chi connectivity index (χ4n) is 1.19. The predicted octanol–water partition coefficient (Wildman–Crippen LogP) is 0.252. The van der Waals surface area contributed by atoms with E-state index in [1.54, 1.807) is 0 Å². The van der Waals surface area contributed by atoms with E-state index in [9.17, 15) is 4.79 Å². The molecule has 6 heteroatoms. The van der Waals surface area contributed by atoms with Crippen LogP contribution in [0.5, 0.6) is 0 Å². The minimum atomic E-state index is -0.201. The van der Waals surface area contributed by atoms with Gasteiger partial charge in [0.1, 0.15) is 5.69 Å². The number of imidazole rings is 1. The molecule has 3 N–H and O–H groups in total. The third-order valence-corrected chi connectivity index (χ3v) is 3.30. The van der Waals surface area contributed by atoms with Gasteiger partial charge in [-0.1, -0.05) is 0 Å². The van der Waals surface area contributed by atoms with E-state index in [1.807, 2.05) is 13.2 Å². The van der Waals surface area contributed by atoms with Crippen molar-refractivity contribution in [2.45, 2.75) is 18.2 Å². The molecule has 2 unspecified atom stereocenters. The van der Waals surface area contributed by atoms with Gasteiger partial charge in [0.2, 0.25) is 0 Å². The summed E-state index contributed by atoms with van der Waals surface area (Å²) in [6.45, 7) is 1.91. The van der Waals surface area contributed by atoms with Crippen molar-refractivity contribution in [3.63, 3.8) is 0 Å². The Kier molecular flexibility index (Phi) is 4.64. The Morgan fingerprint density at radius 3 is 3.00 bits per heavy atom. The summed E-state index contributed by atoms with van der Waals surface area (Å²) in [5, 5.41) is 11.9. The maximum absolute atomic E-state index is 11.6. The van der Waals surface area contributed by atoms with E-state index < -0.39 is 0 Å². The molecule has 0 aliphatic carbocycles. The molecule has 0 spiro atoms. The predicted molar refractivity (Wildman–Crippen MR) is 59.9 cm³/mol. The molecule has 15 heavy (non-hydrogen) atoms. The van der Waals surface area contributed by atoms with Crippen molar-refractivity contribution in [3.8, 4) is 0 Å². The first-order valence-electron chi connectivity index (χ1n) is 4.62. The summed E-state index contributed by atoms with van der Waals surface area (Å²) in [7, 11) is 0. The largest absolute Gasteiger partial charge is 0.395 e. The number of H-pyrrole nitrogens is 1. The summed E-state index contributed by atoms with van der Waals surface area (Å²) in [5.74, 6) is -0.201. The molecular formula is C9H15N3O2S. The van der Waals surface area contributed by atoms with Gasteiger partial charge >= 0.3 is 0 Å². The minimum Gasteiger partial charge on any atom is -0.395 e. The number of rotatable bonds is 5. The quantitative estimate of drug-likeness (QED) is 0.676. The molecule has 1 heterocycles. The number of nitrogens with zero attached hydrogens (tertiary/aromatic N) is 1. The Balaban J connectivity index is 2.51. The molecule has 1 aromatic heterocycles. The van der Waals surface area contributed by atoms with Gasteiger partial charge in [-0.25, -0.2) is 4.98 Å². The summed E-state index contributed by atoms with van der Waals surface area (Å²) in [6.07, 6.45) is 4.83. The van der Waals surface area contributed by atoms with Crippen molar-refractivity contribution in [1.82, 2.24) is 15.3 Å². The molecule has 5 nitrogen and oxygen atoms in total. The molecule has 2 atom stereocenters. The number of amides is 1. The van der Waals surface area contributed by atoms with Crippen LogP contribution in [0, 0.1) is 0 Å². The van der Waals surface area contributed by atoms with E-state index in [2.05, 4.69) is 15.3 Å². The molecule has 0 saturated heterocycles. The third-order valence-electron chi connectivity index (χ3n) is 2.14. The fourth-order valence-corrected chi connectivity index (χ4v) is 1.82. The third kappa shape index (κ3) is 3.24. The zero-order valence-electron chi connectivity index (χ0n) is 8.73. The first kappa shape index (κ1) is 12.1. The van der Waals surface area contributed by atoms with Crippen molar-refractivity contribution in [2.75, 3.05) is 12.9 Å². The summed E-state index contributed by atoms with van der Waals surface area (Å²) < 4.78 is 0. The summed E-state index contributed by atoms with van der Waals surface area (Å²) in [6, 6.07) is -0.0826. The van der Waals surface area contributed by atoms with Crippen LogP contribution < -0.4 is 5.32 Å². The monoisotopic (exact) mass is 229 g/mol. The zero-order chi connectivity index (χ0) is 11.3. The fraction of sp³-hybridized carbons (Fsp3) is 0.556. The molecule has 0 bridgehead atoms. The van der Waals surface area contributed by atoms with Crippen LogP contribution >= 0.6 is 11.8 Å². The van der Waals surface area contributed by atoms with Crippen LogP contribution in [0.3, 0.4) is 0 Å². The topological polar surface area (TPSA) is 78.0 Å². The molecule has 84 valence electrons. The lowest BCUT2D eigenvalue weighted by Gasteiger charge is -2.20. The van der Waals surface area contributed by atoms with Gasteiger partial charge < -0.3 is 15.4 Å². The maximum atomic E-state index is 11.6. The smallest absolute Gasteiger partial charge is 0.269 e. The molecule has 1 amide bonds. The van der Waals surface area contributed by atoms with Gasteiger partial charge in [0.05, 0.1) is 19.1 Å². The van der Waals surface area contributed by atoms with E-state index in [0.29, 0.717) is 5.69 Å². The number of hydrogen-bond donors (Lipinski definition) is 3. The van der Waals surface area contributed by atoms with Gasteiger partial charge in [-0.15, -0.1) is 0 Å². The van der Waals surface area contributed by atoms with Crippen molar-refractivity contribution < 1.29 is 9.90 Å². The standard InChI is InChI=1S/C9H15N3O2S/c1-6(8(4-13)15-2)12-9(14)7-3-10-5-11-7/h3,5-6,8,13H,4H2,1-2H3,(H,10,11)(H,12,14). The number of aromatic nitrogens is 2. The van der Waals surface area contributed by atoms with Crippen LogP contribution in [0.4, 0.5) is 0 Å². The van der Waals surface area contributed by atoms with Crippen LogP contribution in [0.25, 0.3) is 0 Å². The first-order chi connectivity index (χ1) is 7.19. The highest BCUT2D eigenvalue weighted by Crippen LogP contribution is 2.10. The lowest BCUT2D eigenvalue weighted by atomic mass is 10.2. The highest BCUT2D eigenvalue weighted by atomic mass is 32.2. The highest BCUT2D eigenvalue weighted by molar-refractivity contribution is 7.99. The second-order valence-electron chi connectivity index (χ2n) is 3.18. The molecule has 1 aromatic rings. The van der Waals surface area contributed by atoms with E-state index in [-0.39, 0.29) is 23.8 Å². The number of carbonyl (C=O) groups is 1. The molecule has 0 saturated carbocycles. The van der Waals surface area contributed by atoms with Gasteiger partial charge in [0.25, 0.3) is 5.91 Å². The SMILES string of the molecule is CSC(CO)C(C)NC(=O)c1cnc[nH]1. The van der Waals surface area contributed by atoms with Crippen molar-refractivity contribution in [1.29, 1.82) is 0 Å². The van der Waals surface area contributed by atoms with E-state index in [0.717, 1.165) is 0 Å². The normalized spacial score (nSPS) is 14.6. The summed E-state index contributed by atoms with van der Waals surface area (Å²) in [5.41, 5.74) is 0.430. The van der Waals surface area contributed by atoms with Crippen molar-refractivity contribution in [3.05, 3.63) is 18.2 Å². The van der Waals surface area contributed by atoms with Crippen LogP contribution in [-0.2, 0) is 0 Å². The van der Waals surface area contributed by atoms with E-state index in [1.165, 1.54) is 24.3 Å². The molecule has 0 radical (unpaired) electrons. The maximum Gasteiger partial charge on any atom is 0.269 e. The van der Waals surface area contributed by atoms with Gasteiger partial charge in [-0.05, 0) is 13.2 Å². The number of carbonyl (C=O) groups excluding carboxylic acids is 1. The van der Waals surface area contributed by atoms with Gasteiger partial charge in [-0.2, -0.15) is 11.8 Å². The molecule has 0 aromatic carbocycles. The van der Waals surface area contributed by atoms with Gasteiger partial charge in [0, 0.05) is 11.3 Å². The van der Waals surface area contributed by atoms with Crippen molar-refractivity contribution in [2.24, 2.45) is 0 Å². The van der Waals surface area contributed by atoms with Gasteiger partial charge in [-0.3, -0.25) is 4.79 Å². The van der Waals surface area contributed by atoms with Crippen LogP contribution in [-0.4, -0.2) is 45.1 Å². The van der Waals surface area contributed by atoms with E-state index in [4.69, 9.17) is 5.11 Å². The Morgan fingerprint density at radius 2 is 2.53 bits per heavy atom. The lowest BCUT2D eigenvalue weighted by Crippen LogP contribution is -2.41. The molecule has 0 aliphatic rings. The Labute approximate surface area is 92.7 Å². The average Bonchev–Trinajstić information content (AvgIpc) is 2.72. The molecule has 0 aliphatic heterocycles. The number of nitrogens with one attached hydrogen (secondary N) is 2. The second kappa shape index (κ2) is 5.77. The Morgan fingerprint density at radius 1 is 1.80 bits per heavy atom. The van der Waals surface area contributed by atoms with Gasteiger partial charge in [0.15, 0.2) is 0 Å². The second-order valence-corrected chi connectivity index (χ2v) is 4.26. The Hall–Kier alpha value is -1.01. The summed E-state index contributed by atoms with van der Waals surface area (Å²) >= 11 is 1.53. The molecule has 0 fully saturated rings. The number of aliphatic hydroxyl groups is 1. The zero-order valence-corrected chi connectivity index (χ0v) is 9.54. The number of hydrogen-bond acceptors (Lipinski definition) is 4. The Bertz CT molecular complexity index is 298. The average molecular weight is 229 g/mol. The molecule has 1 rings (SSSR count). The first-order valence-corrected chi connectivity index (χ1v) is 5.90. The van der Waals surface area contributed by atoms with E-state index >= 15 is 0 Å². The van der Waals surface area contributed by atoms with Crippen LogP contribution in [0.1, 0.15) is 17.4 Å². The van der Waals surface area contributed by atoms with Crippen LogP contribution in [0.2, 0.25) is 0 Å². The molecular weight excluding hydrogens is 214 g/mol. The number of aliphatic hydroxyl groups excluding tert-OH is 1. The number of aromatic amines is 1. The van der Waals surface area contributed by atoms with Crippen LogP contribution in [0.15, 0.2) is 12.5 Å².